The van der Waals surface area contributed by atoms with Crippen molar-refractivity contribution in [3.63, 3.8) is 0 Å². The van der Waals surface area contributed by atoms with Crippen molar-refractivity contribution in [3.05, 3.63) is 53.6 Å². The van der Waals surface area contributed by atoms with Gasteiger partial charge in [-0.25, -0.2) is 0 Å². The number of alkyl halides is 3. The summed E-state index contributed by atoms with van der Waals surface area (Å²) < 4.78 is 42.6. The van der Waals surface area contributed by atoms with Crippen molar-refractivity contribution in [1.29, 1.82) is 0 Å². The molecule has 0 atom stereocenters. The molecule has 2 aromatic rings. The average Bonchev–Trinajstić information content (AvgIpc) is 3.51. The van der Waals surface area contributed by atoms with Crippen LogP contribution in [0.15, 0.2) is 42.5 Å². The van der Waals surface area contributed by atoms with Crippen molar-refractivity contribution in [2.45, 2.75) is 57.2 Å². The fourth-order valence-electron chi connectivity index (χ4n) is 4.93. The molecule has 0 spiro atoms. The van der Waals surface area contributed by atoms with Gasteiger partial charge in [-0.1, -0.05) is 49.2 Å². The highest BCUT2D eigenvalue weighted by Gasteiger charge is 2.26. The largest absolute Gasteiger partial charge is 0.506 e. The van der Waals surface area contributed by atoms with E-state index in [4.69, 9.17) is 14.3 Å². The molecule has 0 bridgehead atoms. The van der Waals surface area contributed by atoms with Gasteiger partial charge in [0.2, 0.25) is 12.2 Å². The van der Waals surface area contributed by atoms with E-state index in [0.717, 1.165) is 24.8 Å². The Bertz CT molecular complexity index is 1160. The summed E-state index contributed by atoms with van der Waals surface area (Å²) in [5.41, 5.74) is 2.51. The summed E-state index contributed by atoms with van der Waals surface area (Å²) in [6.07, 6.45) is 0.752. The van der Waals surface area contributed by atoms with Crippen LogP contribution < -0.4 is 15.4 Å². The molecule has 42 heavy (non-hydrogen) atoms. The van der Waals surface area contributed by atoms with Gasteiger partial charge in [-0.2, -0.15) is 13.2 Å². The van der Waals surface area contributed by atoms with E-state index in [1.54, 1.807) is 6.07 Å². The second-order valence-corrected chi connectivity index (χ2v) is 10.1. The predicted octanol–water partition coefficient (Wildman–Crippen LogP) is 4.02. The zero-order valence-electron chi connectivity index (χ0n) is 23.5. The number of hydrogen-bond acceptors (Lipinski definition) is 7. The number of nitrogens with one attached hydrogen (secondary N) is 2. The second-order valence-electron chi connectivity index (χ2n) is 10.1. The van der Waals surface area contributed by atoms with Crippen molar-refractivity contribution in [3.8, 4) is 11.5 Å². The maximum absolute atomic E-state index is 13.0. The monoisotopic (exact) mass is 593 g/mol. The van der Waals surface area contributed by atoms with Gasteiger partial charge in [-0.3, -0.25) is 14.4 Å². The standard InChI is InChI=1S/C28H37N3O5.C2HF3O/c32-24-11-10-22(28-27(24)30-25(33)20-36-28)12-15-29-16-17-31(23-8-4-5-9-23)26(34)14-19-35-18-13-21-6-2-1-3-7-21;3-2(4,5)1-6/h1-3,6-7,10-11,23,29,32H,4-5,8-9,12-20H2,(H,30,33);1H. The Morgan fingerprint density at radius 1 is 1.10 bits per heavy atom. The van der Waals surface area contributed by atoms with E-state index in [1.807, 2.05) is 29.2 Å². The number of halogens is 3. The minimum absolute atomic E-state index is 0.00419. The first-order valence-corrected chi connectivity index (χ1v) is 14.1. The third-order valence-corrected chi connectivity index (χ3v) is 6.99. The molecule has 2 amide bonds. The summed E-state index contributed by atoms with van der Waals surface area (Å²) in [4.78, 5) is 35.3. The van der Waals surface area contributed by atoms with Gasteiger partial charge < -0.3 is 30.1 Å². The lowest BCUT2D eigenvalue weighted by Gasteiger charge is -2.29. The van der Waals surface area contributed by atoms with Crippen LogP contribution in [0.3, 0.4) is 0 Å². The molecule has 3 N–H and O–H groups in total. The molecule has 2 aromatic carbocycles. The van der Waals surface area contributed by atoms with Gasteiger partial charge in [-0.15, -0.1) is 0 Å². The molecule has 1 aliphatic heterocycles. The van der Waals surface area contributed by atoms with Crippen LogP contribution in [0.4, 0.5) is 18.9 Å². The van der Waals surface area contributed by atoms with Gasteiger partial charge in [-0.05, 0) is 49.4 Å². The third-order valence-electron chi connectivity index (χ3n) is 6.99. The lowest BCUT2D eigenvalue weighted by Crippen LogP contribution is -2.43. The quantitative estimate of drug-likeness (QED) is 0.183. The van der Waals surface area contributed by atoms with Crippen LogP contribution in [-0.4, -0.2) is 79.8 Å². The first-order chi connectivity index (χ1) is 20.2. The average molecular weight is 594 g/mol. The Hall–Kier alpha value is -3.64. The van der Waals surface area contributed by atoms with E-state index in [9.17, 15) is 27.9 Å². The van der Waals surface area contributed by atoms with Crippen LogP contribution in [0, 0.1) is 0 Å². The molecule has 0 aromatic heterocycles. The number of aromatic hydroxyl groups is 1. The summed E-state index contributed by atoms with van der Waals surface area (Å²) >= 11 is 0. The Balaban J connectivity index is 0.000000730. The molecule has 0 radical (unpaired) electrons. The van der Waals surface area contributed by atoms with E-state index in [-0.39, 0.29) is 24.2 Å². The summed E-state index contributed by atoms with van der Waals surface area (Å²) in [6, 6.07) is 14.0. The number of fused-ring (bicyclic) bond motifs is 1. The fourth-order valence-corrected chi connectivity index (χ4v) is 4.93. The van der Waals surface area contributed by atoms with Crippen LogP contribution in [0.1, 0.15) is 43.2 Å². The number of carbonyl (C=O) groups excluding carboxylic acids is 3. The van der Waals surface area contributed by atoms with E-state index in [1.165, 1.54) is 18.4 Å². The molecule has 1 fully saturated rings. The molecular formula is C30H38F3N3O6. The van der Waals surface area contributed by atoms with Crippen molar-refractivity contribution >= 4 is 23.8 Å². The molecule has 4 rings (SSSR count). The fraction of sp³-hybridized carbons (Fsp3) is 0.500. The smallest absolute Gasteiger partial charge is 0.446 e. The second kappa shape index (κ2) is 16.7. The maximum Gasteiger partial charge on any atom is 0.446 e. The van der Waals surface area contributed by atoms with Crippen molar-refractivity contribution in [2.24, 2.45) is 0 Å². The zero-order valence-corrected chi connectivity index (χ0v) is 23.5. The van der Waals surface area contributed by atoms with Crippen LogP contribution in [0.5, 0.6) is 11.5 Å². The van der Waals surface area contributed by atoms with Gasteiger partial charge in [0.1, 0.15) is 11.4 Å². The van der Waals surface area contributed by atoms with Crippen molar-refractivity contribution in [2.75, 3.05) is 44.8 Å². The third kappa shape index (κ3) is 11.0. The number of carbonyl (C=O) groups is 3. The number of hydrogen-bond donors (Lipinski definition) is 3. The van der Waals surface area contributed by atoms with E-state index in [2.05, 4.69) is 22.8 Å². The number of phenolic OH excluding ortho intramolecular Hbond substituents is 1. The number of nitrogens with zero attached hydrogens (tertiary/aromatic N) is 1. The normalized spacial score (nSPS) is 14.7. The van der Waals surface area contributed by atoms with Crippen molar-refractivity contribution < 1.29 is 42.1 Å². The van der Waals surface area contributed by atoms with Gasteiger partial charge in [0.05, 0.1) is 19.6 Å². The zero-order chi connectivity index (χ0) is 30.4. The Morgan fingerprint density at radius 3 is 2.50 bits per heavy atom. The molecule has 1 heterocycles. The van der Waals surface area contributed by atoms with Crippen LogP contribution in [0.2, 0.25) is 0 Å². The highest BCUT2D eigenvalue weighted by atomic mass is 19.4. The van der Waals surface area contributed by atoms with Gasteiger partial charge in [0.25, 0.3) is 5.91 Å². The summed E-state index contributed by atoms with van der Waals surface area (Å²) in [5.74, 6) is 0.433. The Morgan fingerprint density at radius 2 is 1.81 bits per heavy atom. The number of amides is 2. The summed E-state index contributed by atoms with van der Waals surface area (Å²) in [5, 5.41) is 16.1. The Kier molecular flexibility index (Phi) is 13.1. The first-order valence-electron chi connectivity index (χ1n) is 14.1. The van der Waals surface area contributed by atoms with Crippen LogP contribution >= 0.6 is 0 Å². The van der Waals surface area contributed by atoms with Gasteiger partial charge >= 0.3 is 6.18 Å². The minimum atomic E-state index is -4.64. The summed E-state index contributed by atoms with van der Waals surface area (Å²) in [7, 11) is 0. The molecule has 0 unspecified atom stereocenters. The molecule has 0 saturated heterocycles. The lowest BCUT2D eigenvalue weighted by atomic mass is 10.1. The molecule has 9 nitrogen and oxygen atoms in total. The molecular weight excluding hydrogens is 555 g/mol. The molecule has 12 heteroatoms. The molecule has 230 valence electrons. The van der Waals surface area contributed by atoms with E-state index < -0.39 is 12.5 Å². The van der Waals surface area contributed by atoms with Gasteiger partial charge in [0.15, 0.2) is 12.4 Å². The lowest BCUT2D eigenvalue weighted by molar-refractivity contribution is -0.156. The van der Waals surface area contributed by atoms with Crippen LogP contribution in [0.25, 0.3) is 0 Å². The first kappa shape index (κ1) is 32.9. The SMILES string of the molecule is O=C1COc2c(CCNCCN(C(=O)CCOCCc3ccccc3)C3CCCC3)ccc(O)c2N1.O=CC(F)(F)F. The van der Waals surface area contributed by atoms with E-state index in [0.29, 0.717) is 63.2 Å². The number of ether oxygens (including phenoxy) is 2. The predicted molar refractivity (Wildman–Crippen MR) is 150 cm³/mol. The number of benzene rings is 2. The number of phenols is 1. The van der Waals surface area contributed by atoms with Crippen LogP contribution in [-0.2, 0) is 32.0 Å². The molecule has 1 aliphatic carbocycles. The summed E-state index contributed by atoms with van der Waals surface area (Å²) in [6.45, 7) is 3.10. The van der Waals surface area contributed by atoms with Gasteiger partial charge in [0, 0.05) is 19.1 Å². The number of rotatable bonds is 13. The Labute approximate surface area is 243 Å². The molecule has 1 saturated carbocycles. The number of aldehydes is 1. The van der Waals surface area contributed by atoms with Crippen molar-refractivity contribution in [1.82, 2.24) is 10.2 Å². The maximum atomic E-state index is 13.0. The topological polar surface area (TPSA) is 117 Å². The van der Waals surface area contributed by atoms with E-state index >= 15 is 0 Å². The molecule has 2 aliphatic rings. The highest BCUT2D eigenvalue weighted by molar-refractivity contribution is 5.97. The number of anilines is 1. The minimum Gasteiger partial charge on any atom is -0.506 e. The highest BCUT2D eigenvalue weighted by Crippen LogP contribution is 2.39.